The number of rotatable bonds is 4. The van der Waals surface area contributed by atoms with E-state index in [9.17, 15) is 0 Å². The van der Waals surface area contributed by atoms with Crippen molar-refractivity contribution in [2.45, 2.75) is 33.0 Å². The van der Waals surface area contributed by atoms with Gasteiger partial charge in [0.05, 0.1) is 36.8 Å². The molecule has 0 aliphatic carbocycles. The summed E-state index contributed by atoms with van der Waals surface area (Å²) in [6.45, 7) is 8.32. The molecular weight excluding hydrogens is 268 g/mol. The molecular formula is C14H22N6O. The summed E-state index contributed by atoms with van der Waals surface area (Å²) in [6.07, 6.45) is 2.00. The van der Waals surface area contributed by atoms with Crippen molar-refractivity contribution in [3.8, 4) is 0 Å². The van der Waals surface area contributed by atoms with Crippen LogP contribution < -0.4 is 0 Å². The molecule has 3 rings (SSSR count). The molecule has 1 aliphatic heterocycles. The largest absolute Gasteiger partial charge is 0.374 e. The van der Waals surface area contributed by atoms with Crippen molar-refractivity contribution >= 4 is 0 Å². The molecule has 3 heterocycles. The van der Waals surface area contributed by atoms with Crippen LogP contribution in [0.25, 0.3) is 0 Å². The van der Waals surface area contributed by atoms with Gasteiger partial charge in [-0.05, 0) is 19.9 Å². The van der Waals surface area contributed by atoms with Gasteiger partial charge >= 0.3 is 0 Å². The Kier molecular flexibility index (Phi) is 4.03. The molecule has 0 aromatic carbocycles. The van der Waals surface area contributed by atoms with Crippen LogP contribution in [0.4, 0.5) is 0 Å². The first-order chi connectivity index (χ1) is 10.1. The van der Waals surface area contributed by atoms with Crippen LogP contribution in [0.5, 0.6) is 0 Å². The van der Waals surface area contributed by atoms with Gasteiger partial charge in [0.25, 0.3) is 0 Å². The standard InChI is InChI=1S/C14H22N6O/c1-11-6-12(2)20(16-11)10-14-9-19(4-5-21-14)8-13-7-15-18(3)17-13/h6-7,14H,4-5,8-10H2,1-3H3/t14-/m0/s1. The van der Waals surface area contributed by atoms with Crippen LogP contribution in [0.15, 0.2) is 12.3 Å². The number of nitrogens with zero attached hydrogens (tertiary/aromatic N) is 6. The van der Waals surface area contributed by atoms with Crippen LogP contribution in [-0.4, -0.2) is 55.5 Å². The molecule has 0 unspecified atom stereocenters. The Labute approximate surface area is 124 Å². The molecule has 0 saturated carbocycles. The zero-order valence-corrected chi connectivity index (χ0v) is 12.9. The third-order valence-corrected chi connectivity index (χ3v) is 3.74. The lowest BCUT2D eigenvalue weighted by molar-refractivity contribution is -0.0408. The number of aromatic nitrogens is 5. The Morgan fingerprint density at radius 1 is 1.33 bits per heavy atom. The summed E-state index contributed by atoms with van der Waals surface area (Å²) in [4.78, 5) is 3.97. The number of ether oxygens (including phenoxy) is 1. The van der Waals surface area contributed by atoms with Gasteiger partial charge in [0.1, 0.15) is 0 Å². The van der Waals surface area contributed by atoms with Gasteiger partial charge in [-0.1, -0.05) is 0 Å². The summed E-state index contributed by atoms with van der Waals surface area (Å²) in [5.41, 5.74) is 3.24. The molecule has 1 saturated heterocycles. The van der Waals surface area contributed by atoms with Crippen molar-refractivity contribution in [3.63, 3.8) is 0 Å². The molecule has 0 N–H and O–H groups in total. The summed E-state index contributed by atoms with van der Waals surface area (Å²) in [5, 5.41) is 13.0. The summed E-state index contributed by atoms with van der Waals surface area (Å²) in [5.74, 6) is 0. The molecule has 7 heteroatoms. The van der Waals surface area contributed by atoms with Gasteiger partial charge in [0, 0.05) is 32.4 Å². The Morgan fingerprint density at radius 2 is 2.19 bits per heavy atom. The maximum absolute atomic E-state index is 5.88. The van der Waals surface area contributed by atoms with E-state index in [1.54, 1.807) is 4.80 Å². The first kappa shape index (κ1) is 14.2. The SMILES string of the molecule is Cc1cc(C)n(C[C@@H]2CN(Cc3cnn(C)n3)CCO2)n1. The second-order valence-corrected chi connectivity index (χ2v) is 5.66. The number of hydrogen-bond donors (Lipinski definition) is 0. The van der Waals surface area contributed by atoms with E-state index in [4.69, 9.17) is 4.74 Å². The summed E-state index contributed by atoms with van der Waals surface area (Å²) >= 11 is 0. The lowest BCUT2D eigenvalue weighted by atomic mass is 10.2. The minimum absolute atomic E-state index is 0.174. The zero-order chi connectivity index (χ0) is 14.8. The fourth-order valence-corrected chi connectivity index (χ4v) is 2.78. The molecule has 1 aliphatic rings. The Hall–Kier alpha value is -1.73. The topological polar surface area (TPSA) is 61.0 Å². The quantitative estimate of drug-likeness (QED) is 0.822. The van der Waals surface area contributed by atoms with E-state index in [2.05, 4.69) is 33.2 Å². The minimum Gasteiger partial charge on any atom is -0.374 e. The lowest BCUT2D eigenvalue weighted by Crippen LogP contribution is -2.44. The van der Waals surface area contributed by atoms with Gasteiger partial charge < -0.3 is 4.74 Å². The van der Waals surface area contributed by atoms with Crippen LogP contribution in [0.2, 0.25) is 0 Å². The summed E-state index contributed by atoms with van der Waals surface area (Å²) in [7, 11) is 1.84. The third-order valence-electron chi connectivity index (χ3n) is 3.74. The van der Waals surface area contributed by atoms with E-state index in [0.29, 0.717) is 0 Å². The highest BCUT2D eigenvalue weighted by Gasteiger charge is 2.22. The average molecular weight is 290 g/mol. The number of morpholine rings is 1. The van der Waals surface area contributed by atoms with Gasteiger partial charge in [-0.2, -0.15) is 20.1 Å². The maximum Gasteiger partial charge on any atom is 0.0967 e. The Bertz CT molecular complexity index is 604. The summed E-state index contributed by atoms with van der Waals surface area (Å²) in [6, 6.07) is 2.10. The summed E-state index contributed by atoms with van der Waals surface area (Å²) < 4.78 is 7.91. The van der Waals surface area contributed by atoms with Gasteiger partial charge in [-0.25, -0.2) is 0 Å². The molecule has 1 atom stereocenters. The van der Waals surface area contributed by atoms with Crippen molar-refractivity contribution in [1.82, 2.24) is 29.7 Å². The van der Waals surface area contributed by atoms with Gasteiger partial charge in [-0.15, -0.1) is 0 Å². The van der Waals surface area contributed by atoms with E-state index in [-0.39, 0.29) is 6.10 Å². The van der Waals surface area contributed by atoms with Crippen molar-refractivity contribution in [2.24, 2.45) is 7.05 Å². The van der Waals surface area contributed by atoms with Crippen LogP contribution in [0.1, 0.15) is 17.1 Å². The van der Waals surface area contributed by atoms with Gasteiger partial charge in [0.2, 0.25) is 0 Å². The molecule has 21 heavy (non-hydrogen) atoms. The van der Waals surface area contributed by atoms with Crippen LogP contribution >= 0.6 is 0 Å². The van der Waals surface area contributed by atoms with E-state index in [0.717, 1.165) is 44.2 Å². The predicted molar refractivity (Wildman–Crippen MR) is 77.7 cm³/mol. The molecule has 0 spiro atoms. The molecule has 1 fully saturated rings. The molecule has 0 bridgehead atoms. The average Bonchev–Trinajstić information content (AvgIpc) is 2.96. The maximum atomic E-state index is 5.88. The Morgan fingerprint density at radius 3 is 2.86 bits per heavy atom. The van der Waals surface area contributed by atoms with Gasteiger partial charge in [0.15, 0.2) is 0 Å². The van der Waals surface area contributed by atoms with E-state index < -0.39 is 0 Å². The molecule has 114 valence electrons. The van der Waals surface area contributed by atoms with Gasteiger partial charge in [-0.3, -0.25) is 9.58 Å². The first-order valence-corrected chi connectivity index (χ1v) is 7.30. The highest BCUT2D eigenvalue weighted by Crippen LogP contribution is 2.12. The molecule has 7 nitrogen and oxygen atoms in total. The molecule has 0 amide bonds. The highest BCUT2D eigenvalue weighted by atomic mass is 16.5. The van der Waals surface area contributed by atoms with Crippen molar-refractivity contribution in [2.75, 3.05) is 19.7 Å². The lowest BCUT2D eigenvalue weighted by Gasteiger charge is -2.32. The zero-order valence-electron chi connectivity index (χ0n) is 12.9. The smallest absolute Gasteiger partial charge is 0.0967 e. The molecule has 0 radical (unpaired) electrons. The monoisotopic (exact) mass is 290 g/mol. The second-order valence-electron chi connectivity index (χ2n) is 5.66. The van der Waals surface area contributed by atoms with E-state index in [1.165, 1.54) is 5.69 Å². The minimum atomic E-state index is 0.174. The first-order valence-electron chi connectivity index (χ1n) is 7.30. The Balaban J connectivity index is 1.59. The molecule has 2 aromatic rings. The number of aryl methyl sites for hydroxylation is 3. The van der Waals surface area contributed by atoms with Crippen LogP contribution in [-0.2, 0) is 24.9 Å². The normalized spacial score (nSPS) is 20.0. The van der Waals surface area contributed by atoms with E-state index >= 15 is 0 Å². The third kappa shape index (κ3) is 3.48. The fraction of sp³-hybridized carbons (Fsp3) is 0.643. The van der Waals surface area contributed by atoms with Crippen LogP contribution in [0, 0.1) is 13.8 Å². The van der Waals surface area contributed by atoms with Crippen molar-refractivity contribution in [1.29, 1.82) is 0 Å². The van der Waals surface area contributed by atoms with Crippen molar-refractivity contribution < 1.29 is 4.74 Å². The van der Waals surface area contributed by atoms with Crippen molar-refractivity contribution in [3.05, 3.63) is 29.3 Å². The van der Waals surface area contributed by atoms with Crippen LogP contribution in [0.3, 0.4) is 0 Å². The predicted octanol–water partition coefficient (Wildman–Crippen LogP) is 0.529. The second kappa shape index (κ2) is 5.95. The highest BCUT2D eigenvalue weighted by molar-refractivity contribution is 5.06. The molecule has 2 aromatic heterocycles. The van der Waals surface area contributed by atoms with E-state index in [1.807, 2.05) is 24.9 Å². The number of hydrogen-bond acceptors (Lipinski definition) is 5. The fourth-order valence-electron chi connectivity index (χ4n) is 2.78.